The second kappa shape index (κ2) is 5.29. The monoisotopic (exact) mass is 275 g/mol. The van der Waals surface area contributed by atoms with Gasteiger partial charge in [-0.25, -0.2) is 0 Å². The van der Waals surface area contributed by atoms with Crippen molar-refractivity contribution in [2.75, 3.05) is 23.9 Å². The molecule has 4 heteroatoms. The quantitative estimate of drug-likeness (QED) is 0.836. The zero-order valence-electron chi connectivity index (χ0n) is 11.9. The lowest BCUT2D eigenvalue weighted by atomic mass is 10.1. The third-order valence-electron chi connectivity index (χ3n) is 3.22. The van der Waals surface area contributed by atoms with Crippen LogP contribution in [-0.4, -0.2) is 22.5 Å². The number of anilines is 2. The van der Waals surface area contributed by atoms with Crippen molar-refractivity contribution in [3.05, 3.63) is 30.0 Å². The second-order valence-electron chi connectivity index (χ2n) is 5.41. The Balaban J connectivity index is 2.38. The standard InChI is InChI=1S/C15H21N3S/c1-10-7-14(17-9-15(2,3)19-4)12-8-11(16)5-6-13(12)18-10/h5-8H,9,16H2,1-4H3,(H,17,18). The SMILES string of the molecule is CSC(C)(C)CNc1cc(C)nc2ccc(N)cc12. The lowest BCUT2D eigenvalue weighted by Gasteiger charge is -2.23. The largest absolute Gasteiger partial charge is 0.399 e. The van der Waals surface area contributed by atoms with Crippen molar-refractivity contribution in [1.29, 1.82) is 0 Å². The molecule has 0 saturated carbocycles. The molecule has 0 amide bonds. The fourth-order valence-corrected chi connectivity index (χ4v) is 2.12. The van der Waals surface area contributed by atoms with E-state index < -0.39 is 0 Å². The molecular weight excluding hydrogens is 254 g/mol. The molecule has 102 valence electrons. The van der Waals surface area contributed by atoms with Gasteiger partial charge in [0.05, 0.1) is 5.52 Å². The third-order valence-corrected chi connectivity index (χ3v) is 4.47. The van der Waals surface area contributed by atoms with Gasteiger partial charge in [-0.15, -0.1) is 0 Å². The predicted octanol–water partition coefficient (Wildman–Crippen LogP) is 3.68. The Bertz CT molecular complexity index is 593. The van der Waals surface area contributed by atoms with Gasteiger partial charge >= 0.3 is 0 Å². The average molecular weight is 275 g/mol. The molecule has 2 rings (SSSR count). The molecular formula is C15H21N3S. The highest BCUT2D eigenvalue weighted by atomic mass is 32.2. The van der Waals surface area contributed by atoms with Crippen molar-refractivity contribution in [2.45, 2.75) is 25.5 Å². The minimum Gasteiger partial charge on any atom is -0.399 e. The van der Waals surface area contributed by atoms with Gasteiger partial charge < -0.3 is 11.1 Å². The molecule has 0 atom stereocenters. The lowest BCUT2D eigenvalue weighted by molar-refractivity contribution is 0.753. The summed E-state index contributed by atoms with van der Waals surface area (Å²) in [6, 6.07) is 7.93. The van der Waals surface area contributed by atoms with Crippen LogP contribution in [-0.2, 0) is 0 Å². The van der Waals surface area contributed by atoms with E-state index in [0.717, 1.165) is 34.5 Å². The summed E-state index contributed by atoms with van der Waals surface area (Å²) in [7, 11) is 0. The lowest BCUT2D eigenvalue weighted by Crippen LogP contribution is -2.26. The van der Waals surface area contributed by atoms with Gasteiger partial charge in [0, 0.05) is 33.7 Å². The maximum Gasteiger partial charge on any atom is 0.0727 e. The number of thioether (sulfide) groups is 1. The number of hydrogen-bond acceptors (Lipinski definition) is 4. The van der Waals surface area contributed by atoms with Crippen molar-refractivity contribution in [3.63, 3.8) is 0 Å². The second-order valence-corrected chi connectivity index (χ2v) is 6.92. The minimum atomic E-state index is 0.198. The zero-order chi connectivity index (χ0) is 14.0. The van der Waals surface area contributed by atoms with Gasteiger partial charge in [-0.05, 0) is 51.3 Å². The molecule has 2 aromatic rings. The number of aryl methyl sites for hydroxylation is 1. The summed E-state index contributed by atoms with van der Waals surface area (Å²) in [4.78, 5) is 4.54. The van der Waals surface area contributed by atoms with Crippen LogP contribution < -0.4 is 11.1 Å². The fourth-order valence-electron chi connectivity index (χ4n) is 1.90. The molecule has 0 spiro atoms. The van der Waals surface area contributed by atoms with Crippen LogP contribution in [0.25, 0.3) is 10.9 Å². The third kappa shape index (κ3) is 3.32. The maximum atomic E-state index is 5.88. The molecule has 0 bridgehead atoms. The average Bonchev–Trinajstić information content (AvgIpc) is 2.36. The number of benzene rings is 1. The van der Waals surface area contributed by atoms with E-state index in [1.54, 1.807) is 0 Å². The van der Waals surface area contributed by atoms with E-state index >= 15 is 0 Å². The Morgan fingerprint density at radius 2 is 2.05 bits per heavy atom. The van der Waals surface area contributed by atoms with E-state index in [0.29, 0.717) is 0 Å². The van der Waals surface area contributed by atoms with E-state index in [4.69, 9.17) is 5.73 Å². The molecule has 0 aliphatic heterocycles. The summed E-state index contributed by atoms with van der Waals surface area (Å²) in [6.45, 7) is 7.38. The number of aromatic nitrogens is 1. The summed E-state index contributed by atoms with van der Waals surface area (Å²) in [5, 5.41) is 4.62. The number of nitrogens with zero attached hydrogens (tertiary/aromatic N) is 1. The van der Waals surface area contributed by atoms with Crippen molar-refractivity contribution >= 4 is 34.0 Å². The highest BCUT2D eigenvalue weighted by Gasteiger charge is 2.16. The van der Waals surface area contributed by atoms with Crippen molar-refractivity contribution in [2.24, 2.45) is 0 Å². The number of pyridine rings is 1. The first kappa shape index (κ1) is 14.0. The molecule has 1 aromatic heterocycles. The molecule has 3 N–H and O–H groups in total. The van der Waals surface area contributed by atoms with Crippen LogP contribution in [0.15, 0.2) is 24.3 Å². The normalized spacial score (nSPS) is 11.8. The van der Waals surface area contributed by atoms with Crippen LogP contribution >= 0.6 is 11.8 Å². The van der Waals surface area contributed by atoms with Crippen molar-refractivity contribution in [1.82, 2.24) is 4.98 Å². The summed E-state index contributed by atoms with van der Waals surface area (Å²) < 4.78 is 0.198. The number of fused-ring (bicyclic) bond motifs is 1. The molecule has 0 aliphatic rings. The number of rotatable bonds is 4. The number of hydrogen-bond donors (Lipinski definition) is 2. The Kier molecular flexibility index (Phi) is 3.90. The van der Waals surface area contributed by atoms with Crippen molar-refractivity contribution < 1.29 is 0 Å². The van der Waals surface area contributed by atoms with Gasteiger partial charge in [-0.2, -0.15) is 11.8 Å². The van der Waals surface area contributed by atoms with Gasteiger partial charge in [0.1, 0.15) is 0 Å². The fraction of sp³-hybridized carbons (Fsp3) is 0.400. The van der Waals surface area contributed by atoms with Gasteiger partial charge in [0.15, 0.2) is 0 Å². The van der Waals surface area contributed by atoms with E-state index in [2.05, 4.69) is 36.5 Å². The Morgan fingerprint density at radius 1 is 1.32 bits per heavy atom. The molecule has 19 heavy (non-hydrogen) atoms. The zero-order valence-corrected chi connectivity index (χ0v) is 12.8. The molecule has 1 aromatic carbocycles. The molecule has 0 saturated heterocycles. The summed E-state index contributed by atoms with van der Waals surface area (Å²) in [5.41, 5.74) is 9.76. The number of nitrogens with one attached hydrogen (secondary N) is 1. The summed E-state index contributed by atoms with van der Waals surface area (Å²) in [6.07, 6.45) is 2.13. The Labute approximate surface area is 119 Å². The predicted molar refractivity (Wildman–Crippen MR) is 87.0 cm³/mol. The van der Waals surface area contributed by atoms with E-state index in [9.17, 15) is 0 Å². The number of nitrogen functional groups attached to an aromatic ring is 1. The first-order valence-corrected chi connectivity index (χ1v) is 7.60. The maximum absolute atomic E-state index is 5.88. The Hall–Kier alpha value is -1.42. The molecule has 0 aliphatic carbocycles. The van der Waals surface area contributed by atoms with Crippen LogP contribution in [0.4, 0.5) is 11.4 Å². The van der Waals surface area contributed by atoms with Crippen LogP contribution in [0.5, 0.6) is 0 Å². The number of nitrogens with two attached hydrogens (primary N) is 1. The summed E-state index contributed by atoms with van der Waals surface area (Å²) >= 11 is 1.86. The van der Waals surface area contributed by atoms with Gasteiger partial charge in [-0.1, -0.05) is 0 Å². The van der Waals surface area contributed by atoms with E-state index in [-0.39, 0.29) is 4.75 Å². The highest BCUT2D eigenvalue weighted by molar-refractivity contribution is 7.99. The van der Waals surface area contributed by atoms with Crippen LogP contribution in [0, 0.1) is 6.92 Å². The van der Waals surface area contributed by atoms with Crippen LogP contribution in [0.3, 0.4) is 0 Å². The van der Waals surface area contributed by atoms with Gasteiger partial charge in [0.25, 0.3) is 0 Å². The van der Waals surface area contributed by atoms with Crippen LogP contribution in [0.2, 0.25) is 0 Å². The molecule has 3 nitrogen and oxygen atoms in total. The van der Waals surface area contributed by atoms with E-state index in [1.807, 2.05) is 36.9 Å². The smallest absolute Gasteiger partial charge is 0.0727 e. The highest BCUT2D eigenvalue weighted by Crippen LogP contribution is 2.27. The molecule has 1 heterocycles. The topological polar surface area (TPSA) is 50.9 Å². The first-order chi connectivity index (χ1) is 8.91. The molecule has 0 unspecified atom stereocenters. The molecule has 0 radical (unpaired) electrons. The Morgan fingerprint density at radius 3 is 2.74 bits per heavy atom. The minimum absolute atomic E-state index is 0.198. The van der Waals surface area contributed by atoms with E-state index in [1.165, 1.54) is 0 Å². The summed E-state index contributed by atoms with van der Waals surface area (Å²) in [5.74, 6) is 0. The first-order valence-electron chi connectivity index (χ1n) is 6.37. The van der Waals surface area contributed by atoms with Crippen LogP contribution in [0.1, 0.15) is 19.5 Å². The van der Waals surface area contributed by atoms with Gasteiger partial charge in [0.2, 0.25) is 0 Å². The van der Waals surface area contributed by atoms with Crippen molar-refractivity contribution in [3.8, 4) is 0 Å². The van der Waals surface area contributed by atoms with Gasteiger partial charge in [-0.3, -0.25) is 4.98 Å². The molecule has 0 fully saturated rings.